The van der Waals surface area contributed by atoms with E-state index in [-0.39, 0.29) is 12.6 Å². The summed E-state index contributed by atoms with van der Waals surface area (Å²) >= 11 is 0. The quantitative estimate of drug-likeness (QED) is 0.637. The number of para-hydroxylation sites is 1. The van der Waals surface area contributed by atoms with Gasteiger partial charge in [-0.25, -0.2) is 0 Å². The molecule has 0 atom stereocenters. The van der Waals surface area contributed by atoms with E-state index >= 15 is 0 Å². The number of carbonyl (C=O) groups excluding carboxylic acids is 1. The topological polar surface area (TPSA) is 44.8 Å². The van der Waals surface area contributed by atoms with Crippen LogP contribution in [0.5, 0.6) is 17.2 Å². The van der Waals surface area contributed by atoms with Crippen LogP contribution in [0.1, 0.15) is 15.9 Å². The minimum Gasteiger partial charge on any atom is -0.496 e. The van der Waals surface area contributed by atoms with Gasteiger partial charge in [0.15, 0.2) is 17.3 Å². The molecule has 0 bridgehead atoms. The molecule has 4 heteroatoms. The van der Waals surface area contributed by atoms with E-state index < -0.39 is 0 Å². The monoisotopic (exact) mass is 282 g/mol. The van der Waals surface area contributed by atoms with Crippen molar-refractivity contribution in [2.45, 2.75) is 0 Å². The SMILES string of the molecule is COc1ccccc1/C=C\C(=O)c1ccc2c(c1)OCO2. The summed E-state index contributed by atoms with van der Waals surface area (Å²) in [6.07, 6.45) is 3.27. The molecular weight excluding hydrogens is 268 g/mol. The number of carbonyl (C=O) groups is 1. The number of ether oxygens (including phenoxy) is 3. The molecule has 1 aliphatic rings. The third kappa shape index (κ3) is 2.74. The first kappa shape index (κ1) is 13.2. The summed E-state index contributed by atoms with van der Waals surface area (Å²) in [6, 6.07) is 12.7. The first-order valence-corrected chi connectivity index (χ1v) is 6.53. The molecule has 0 amide bonds. The Morgan fingerprint density at radius 1 is 1.14 bits per heavy atom. The lowest BCUT2D eigenvalue weighted by molar-refractivity contribution is 0.104. The van der Waals surface area contributed by atoms with Crippen molar-refractivity contribution in [2.24, 2.45) is 0 Å². The number of hydrogen-bond donors (Lipinski definition) is 0. The molecule has 106 valence electrons. The number of methoxy groups -OCH3 is 1. The molecule has 0 spiro atoms. The molecule has 0 radical (unpaired) electrons. The van der Waals surface area contributed by atoms with Crippen molar-refractivity contribution >= 4 is 11.9 Å². The zero-order chi connectivity index (χ0) is 14.7. The molecule has 4 nitrogen and oxygen atoms in total. The molecule has 21 heavy (non-hydrogen) atoms. The van der Waals surface area contributed by atoms with Crippen molar-refractivity contribution in [3.8, 4) is 17.2 Å². The van der Waals surface area contributed by atoms with Gasteiger partial charge in [0.25, 0.3) is 0 Å². The van der Waals surface area contributed by atoms with Crippen LogP contribution in [-0.4, -0.2) is 19.7 Å². The van der Waals surface area contributed by atoms with E-state index in [1.807, 2.05) is 24.3 Å². The van der Waals surface area contributed by atoms with E-state index in [1.165, 1.54) is 6.08 Å². The second-order valence-electron chi connectivity index (χ2n) is 4.51. The van der Waals surface area contributed by atoms with Gasteiger partial charge in [0.1, 0.15) is 5.75 Å². The lowest BCUT2D eigenvalue weighted by Crippen LogP contribution is -1.95. The van der Waals surface area contributed by atoms with Crippen LogP contribution in [0.4, 0.5) is 0 Å². The van der Waals surface area contributed by atoms with Gasteiger partial charge in [0, 0.05) is 11.1 Å². The van der Waals surface area contributed by atoms with Crippen molar-refractivity contribution in [2.75, 3.05) is 13.9 Å². The highest BCUT2D eigenvalue weighted by Gasteiger charge is 2.15. The fourth-order valence-electron chi connectivity index (χ4n) is 2.12. The summed E-state index contributed by atoms with van der Waals surface area (Å²) < 4.78 is 15.7. The van der Waals surface area contributed by atoms with Crippen LogP contribution < -0.4 is 14.2 Å². The van der Waals surface area contributed by atoms with Gasteiger partial charge in [-0.05, 0) is 36.4 Å². The van der Waals surface area contributed by atoms with E-state index in [0.29, 0.717) is 17.1 Å². The Morgan fingerprint density at radius 3 is 2.81 bits per heavy atom. The van der Waals surface area contributed by atoms with Crippen molar-refractivity contribution in [1.82, 2.24) is 0 Å². The van der Waals surface area contributed by atoms with E-state index in [1.54, 1.807) is 31.4 Å². The predicted molar refractivity (Wildman–Crippen MR) is 78.9 cm³/mol. The first-order chi connectivity index (χ1) is 10.3. The lowest BCUT2D eigenvalue weighted by Gasteiger charge is -2.03. The summed E-state index contributed by atoms with van der Waals surface area (Å²) in [5, 5.41) is 0. The molecule has 0 N–H and O–H groups in total. The normalized spacial score (nSPS) is 12.6. The van der Waals surface area contributed by atoms with E-state index in [0.717, 1.165) is 11.3 Å². The van der Waals surface area contributed by atoms with Gasteiger partial charge in [-0.3, -0.25) is 4.79 Å². The fraction of sp³-hybridized carbons (Fsp3) is 0.118. The average Bonchev–Trinajstić information content (AvgIpc) is 3.00. The van der Waals surface area contributed by atoms with Crippen LogP contribution in [-0.2, 0) is 0 Å². The minimum absolute atomic E-state index is 0.0980. The van der Waals surface area contributed by atoms with Crippen LogP contribution >= 0.6 is 0 Å². The highest BCUT2D eigenvalue weighted by Crippen LogP contribution is 2.32. The minimum atomic E-state index is -0.0980. The van der Waals surface area contributed by atoms with Crippen molar-refractivity contribution in [1.29, 1.82) is 0 Å². The molecule has 0 fully saturated rings. The number of allylic oxidation sites excluding steroid dienone is 1. The number of fused-ring (bicyclic) bond motifs is 1. The second-order valence-corrected chi connectivity index (χ2v) is 4.51. The number of rotatable bonds is 4. The number of ketones is 1. The molecule has 0 aromatic heterocycles. The van der Waals surface area contributed by atoms with Gasteiger partial charge >= 0.3 is 0 Å². The summed E-state index contributed by atoms with van der Waals surface area (Å²) in [5.74, 6) is 1.90. The average molecular weight is 282 g/mol. The summed E-state index contributed by atoms with van der Waals surface area (Å²) in [7, 11) is 1.60. The maximum Gasteiger partial charge on any atom is 0.231 e. The lowest BCUT2D eigenvalue weighted by atomic mass is 10.1. The Bertz CT molecular complexity index is 704. The van der Waals surface area contributed by atoms with E-state index in [2.05, 4.69) is 0 Å². The van der Waals surface area contributed by atoms with Crippen LogP contribution in [0.2, 0.25) is 0 Å². The van der Waals surface area contributed by atoms with Crippen LogP contribution in [0.25, 0.3) is 6.08 Å². The third-order valence-corrected chi connectivity index (χ3v) is 3.21. The Kier molecular flexibility index (Phi) is 3.60. The van der Waals surface area contributed by atoms with Crippen LogP contribution in [0, 0.1) is 0 Å². The molecule has 0 saturated carbocycles. The predicted octanol–water partition coefficient (Wildman–Crippen LogP) is 3.32. The standard InChI is InChI=1S/C17H14O4/c1-19-15-5-3-2-4-12(15)6-8-14(18)13-7-9-16-17(10-13)21-11-20-16/h2-10H,11H2,1H3/b8-6-. The fourth-order valence-corrected chi connectivity index (χ4v) is 2.12. The number of benzene rings is 2. The highest BCUT2D eigenvalue weighted by atomic mass is 16.7. The van der Waals surface area contributed by atoms with Gasteiger partial charge in [-0.2, -0.15) is 0 Å². The van der Waals surface area contributed by atoms with Crippen LogP contribution in [0.15, 0.2) is 48.5 Å². The zero-order valence-corrected chi connectivity index (χ0v) is 11.5. The maximum atomic E-state index is 12.2. The van der Waals surface area contributed by atoms with Gasteiger partial charge in [-0.15, -0.1) is 0 Å². The van der Waals surface area contributed by atoms with E-state index in [4.69, 9.17) is 14.2 Å². The van der Waals surface area contributed by atoms with E-state index in [9.17, 15) is 4.79 Å². The van der Waals surface area contributed by atoms with Gasteiger partial charge < -0.3 is 14.2 Å². The summed E-state index contributed by atoms with van der Waals surface area (Å²) in [4.78, 5) is 12.2. The highest BCUT2D eigenvalue weighted by molar-refractivity contribution is 6.07. The Labute approximate surface area is 122 Å². The Hall–Kier alpha value is -2.75. The Morgan fingerprint density at radius 2 is 1.95 bits per heavy atom. The molecule has 0 aliphatic carbocycles. The van der Waals surface area contributed by atoms with Gasteiger partial charge in [0.05, 0.1) is 7.11 Å². The second kappa shape index (κ2) is 5.71. The zero-order valence-electron chi connectivity index (χ0n) is 11.5. The van der Waals surface area contributed by atoms with Crippen molar-refractivity contribution in [3.63, 3.8) is 0 Å². The van der Waals surface area contributed by atoms with Gasteiger partial charge in [0.2, 0.25) is 6.79 Å². The smallest absolute Gasteiger partial charge is 0.231 e. The molecule has 1 aliphatic heterocycles. The molecule has 3 rings (SSSR count). The molecule has 0 unspecified atom stereocenters. The van der Waals surface area contributed by atoms with Crippen molar-refractivity contribution in [3.05, 3.63) is 59.7 Å². The molecule has 0 saturated heterocycles. The maximum absolute atomic E-state index is 12.2. The number of hydrogen-bond acceptors (Lipinski definition) is 4. The molecule has 1 heterocycles. The largest absolute Gasteiger partial charge is 0.496 e. The summed E-state index contributed by atoms with van der Waals surface area (Å²) in [5.41, 5.74) is 1.42. The molecular formula is C17H14O4. The van der Waals surface area contributed by atoms with Crippen molar-refractivity contribution < 1.29 is 19.0 Å². The van der Waals surface area contributed by atoms with Crippen LogP contribution in [0.3, 0.4) is 0 Å². The molecule has 2 aromatic rings. The third-order valence-electron chi connectivity index (χ3n) is 3.21. The Balaban J connectivity index is 1.81. The summed E-state index contributed by atoms with van der Waals surface area (Å²) in [6.45, 7) is 0.198. The molecule has 2 aromatic carbocycles. The van der Waals surface area contributed by atoms with Gasteiger partial charge in [-0.1, -0.05) is 18.2 Å². The first-order valence-electron chi connectivity index (χ1n) is 6.53.